The molecule has 0 bridgehead atoms. The quantitative estimate of drug-likeness (QED) is 0.353. The Morgan fingerprint density at radius 2 is 1.67 bits per heavy atom. The van der Waals surface area contributed by atoms with Gasteiger partial charge in [-0.3, -0.25) is 14.8 Å². The minimum absolute atomic E-state index is 0.0969. The normalized spacial score (nSPS) is 10.7. The highest BCUT2D eigenvalue weighted by Crippen LogP contribution is 2.37. The van der Waals surface area contributed by atoms with Gasteiger partial charge >= 0.3 is 0 Å². The van der Waals surface area contributed by atoms with Crippen LogP contribution in [0.4, 0.5) is 14.5 Å². The monoisotopic (exact) mass is 515 g/mol. The van der Waals surface area contributed by atoms with Crippen LogP contribution in [0.3, 0.4) is 0 Å². The molecule has 0 spiro atoms. The predicted molar refractivity (Wildman–Crippen MR) is 121 cm³/mol. The molecule has 1 amide bonds. The van der Waals surface area contributed by atoms with Gasteiger partial charge in [-0.25, -0.2) is 8.78 Å². The lowest BCUT2D eigenvalue weighted by atomic mass is 10.2. The van der Waals surface area contributed by atoms with E-state index < -0.39 is 23.3 Å². The van der Waals surface area contributed by atoms with Crippen molar-refractivity contribution in [2.24, 2.45) is 0 Å². The van der Waals surface area contributed by atoms with E-state index in [-0.39, 0.29) is 22.7 Å². The first kappa shape index (κ1) is 22.4. The van der Waals surface area contributed by atoms with Crippen molar-refractivity contribution in [2.75, 3.05) is 19.5 Å². The lowest BCUT2D eigenvalue weighted by Gasteiger charge is -2.13. The van der Waals surface area contributed by atoms with Gasteiger partial charge in [0.15, 0.2) is 17.4 Å². The Labute approximate surface area is 195 Å². The summed E-state index contributed by atoms with van der Waals surface area (Å²) in [7, 11) is 2.91. The van der Waals surface area contributed by atoms with E-state index in [4.69, 9.17) is 14.2 Å². The molecule has 2 heterocycles. The minimum Gasteiger partial charge on any atom is -0.496 e. The van der Waals surface area contributed by atoms with Crippen molar-refractivity contribution in [1.29, 1.82) is 0 Å². The molecule has 33 heavy (non-hydrogen) atoms. The fourth-order valence-corrected chi connectivity index (χ4v) is 3.64. The highest BCUT2D eigenvalue weighted by molar-refractivity contribution is 9.10. The molecule has 0 radical (unpaired) electrons. The zero-order valence-corrected chi connectivity index (χ0v) is 18.9. The summed E-state index contributed by atoms with van der Waals surface area (Å²) in [6, 6.07) is 8.26. The number of benzene rings is 2. The van der Waals surface area contributed by atoms with Crippen LogP contribution in [0.1, 0.15) is 10.4 Å². The maximum Gasteiger partial charge on any atom is 0.261 e. The van der Waals surface area contributed by atoms with Gasteiger partial charge in [-0.2, -0.15) is 0 Å². The fourth-order valence-electron chi connectivity index (χ4n) is 3.14. The molecule has 0 saturated heterocycles. The van der Waals surface area contributed by atoms with E-state index in [1.807, 2.05) is 0 Å². The first-order valence-corrected chi connectivity index (χ1v) is 10.3. The molecule has 2 aromatic heterocycles. The molecule has 0 saturated carbocycles. The zero-order chi connectivity index (χ0) is 23.5. The maximum atomic E-state index is 14.8. The predicted octanol–water partition coefficient (Wildman–Crippen LogP) is 5.73. The van der Waals surface area contributed by atoms with Crippen molar-refractivity contribution >= 4 is 38.4 Å². The Morgan fingerprint density at radius 1 is 0.970 bits per heavy atom. The van der Waals surface area contributed by atoms with E-state index in [1.165, 1.54) is 44.9 Å². The number of carbonyl (C=O) groups is 1. The molecule has 2 aromatic carbocycles. The summed E-state index contributed by atoms with van der Waals surface area (Å²) < 4.78 is 46.1. The number of hydrogen-bond acceptors (Lipinski definition) is 6. The van der Waals surface area contributed by atoms with Crippen molar-refractivity contribution in [3.63, 3.8) is 0 Å². The Bertz CT molecular complexity index is 1340. The van der Waals surface area contributed by atoms with E-state index in [2.05, 4.69) is 31.2 Å². The molecule has 4 aromatic rings. The average molecular weight is 516 g/mol. The van der Waals surface area contributed by atoms with Gasteiger partial charge in [-0.15, -0.1) is 0 Å². The van der Waals surface area contributed by atoms with Crippen LogP contribution in [0.5, 0.6) is 23.0 Å². The number of rotatable bonds is 6. The van der Waals surface area contributed by atoms with Crippen LogP contribution in [0.15, 0.2) is 59.5 Å². The van der Waals surface area contributed by atoms with Crippen molar-refractivity contribution in [1.82, 2.24) is 9.97 Å². The molecule has 0 fully saturated rings. The Morgan fingerprint density at radius 3 is 2.36 bits per heavy atom. The number of ether oxygens (including phenoxy) is 3. The van der Waals surface area contributed by atoms with Gasteiger partial charge in [-0.1, -0.05) is 0 Å². The summed E-state index contributed by atoms with van der Waals surface area (Å²) in [5.41, 5.74) is 0.536. The number of nitrogens with zero attached hydrogens (tertiary/aromatic N) is 2. The average Bonchev–Trinajstić information content (AvgIpc) is 2.81. The highest BCUT2D eigenvalue weighted by atomic mass is 79.9. The SMILES string of the molecule is COc1cc2nccc(Oc3c(F)cc(NC(=O)c4cnccc4OC)cc3F)c2cc1Br. The van der Waals surface area contributed by atoms with Crippen LogP contribution in [0.25, 0.3) is 10.9 Å². The van der Waals surface area contributed by atoms with E-state index in [9.17, 15) is 13.6 Å². The summed E-state index contributed by atoms with van der Waals surface area (Å²) in [5.74, 6) is -2.23. The van der Waals surface area contributed by atoms with E-state index >= 15 is 0 Å². The molecular weight excluding hydrogens is 500 g/mol. The molecule has 10 heteroatoms. The number of amides is 1. The van der Waals surface area contributed by atoms with Crippen LogP contribution in [-0.2, 0) is 0 Å². The van der Waals surface area contributed by atoms with Crippen molar-refractivity contribution < 1.29 is 27.8 Å². The van der Waals surface area contributed by atoms with Gasteiger partial charge in [0, 0.05) is 47.9 Å². The first-order chi connectivity index (χ1) is 15.9. The first-order valence-electron chi connectivity index (χ1n) is 9.49. The number of hydrogen-bond donors (Lipinski definition) is 1. The van der Waals surface area contributed by atoms with Gasteiger partial charge in [-0.05, 0) is 34.1 Å². The number of fused-ring (bicyclic) bond motifs is 1. The number of pyridine rings is 2. The number of methoxy groups -OCH3 is 2. The summed E-state index contributed by atoms with van der Waals surface area (Å²) in [4.78, 5) is 20.6. The molecule has 4 rings (SSSR count). The van der Waals surface area contributed by atoms with Crippen LogP contribution in [0.2, 0.25) is 0 Å². The molecule has 0 atom stereocenters. The minimum atomic E-state index is -0.999. The standard InChI is InChI=1S/C23H16BrF2N3O4/c1-31-19-3-5-27-11-14(19)23(30)29-12-7-16(25)22(17(26)8-12)33-20-4-6-28-18-10-21(32-2)15(24)9-13(18)20/h3-11H,1-2H3,(H,29,30). The molecule has 0 aliphatic rings. The van der Waals surface area contributed by atoms with E-state index in [0.29, 0.717) is 21.1 Å². The van der Waals surface area contributed by atoms with Crippen molar-refractivity contribution in [2.45, 2.75) is 0 Å². The number of aromatic nitrogens is 2. The highest BCUT2D eigenvalue weighted by Gasteiger charge is 2.19. The molecule has 7 nitrogen and oxygen atoms in total. The van der Waals surface area contributed by atoms with Gasteiger partial charge in [0.1, 0.15) is 17.2 Å². The lowest BCUT2D eigenvalue weighted by Crippen LogP contribution is -2.14. The smallest absolute Gasteiger partial charge is 0.261 e. The van der Waals surface area contributed by atoms with Crippen LogP contribution in [-0.4, -0.2) is 30.1 Å². The zero-order valence-electron chi connectivity index (χ0n) is 17.4. The lowest BCUT2D eigenvalue weighted by molar-refractivity contribution is 0.102. The van der Waals surface area contributed by atoms with Gasteiger partial charge < -0.3 is 19.5 Å². The number of halogens is 3. The van der Waals surface area contributed by atoms with E-state index in [0.717, 1.165) is 12.1 Å². The largest absolute Gasteiger partial charge is 0.496 e. The number of nitrogens with one attached hydrogen (secondary N) is 1. The Hall–Kier alpha value is -3.79. The van der Waals surface area contributed by atoms with Crippen LogP contribution < -0.4 is 19.5 Å². The summed E-state index contributed by atoms with van der Waals surface area (Å²) in [6.45, 7) is 0. The molecule has 0 aliphatic carbocycles. The van der Waals surface area contributed by atoms with Crippen molar-refractivity contribution in [3.05, 3.63) is 76.7 Å². The number of anilines is 1. The van der Waals surface area contributed by atoms with Crippen LogP contribution >= 0.6 is 15.9 Å². The second-order valence-corrected chi connectivity index (χ2v) is 7.57. The molecular formula is C23H16BrF2N3O4. The van der Waals surface area contributed by atoms with Gasteiger partial charge in [0.25, 0.3) is 5.91 Å². The maximum absolute atomic E-state index is 14.8. The fraction of sp³-hybridized carbons (Fsp3) is 0.0870. The third-order valence-corrected chi connectivity index (χ3v) is 5.31. The van der Waals surface area contributed by atoms with Gasteiger partial charge in [0.2, 0.25) is 0 Å². The summed E-state index contributed by atoms with van der Waals surface area (Å²) >= 11 is 3.38. The molecule has 0 aliphatic heterocycles. The number of carbonyl (C=O) groups excluding carboxylic acids is 1. The van der Waals surface area contributed by atoms with Crippen molar-refractivity contribution in [3.8, 4) is 23.0 Å². The van der Waals surface area contributed by atoms with Gasteiger partial charge in [0.05, 0.1) is 29.8 Å². The topological polar surface area (TPSA) is 82.6 Å². The third-order valence-electron chi connectivity index (χ3n) is 4.69. The summed E-state index contributed by atoms with van der Waals surface area (Å²) in [6.07, 6.45) is 4.20. The molecule has 1 N–H and O–H groups in total. The van der Waals surface area contributed by atoms with E-state index in [1.54, 1.807) is 12.1 Å². The third kappa shape index (κ3) is 4.56. The second kappa shape index (κ2) is 9.37. The summed E-state index contributed by atoms with van der Waals surface area (Å²) in [5, 5.41) is 2.95. The molecule has 0 unspecified atom stereocenters. The molecule has 168 valence electrons. The Balaban J connectivity index is 1.63. The van der Waals surface area contributed by atoms with Crippen LogP contribution in [0, 0.1) is 11.6 Å². The second-order valence-electron chi connectivity index (χ2n) is 6.71. The Kier molecular flexibility index (Phi) is 6.36.